The summed E-state index contributed by atoms with van der Waals surface area (Å²) in [7, 11) is 1.93. The van der Waals surface area contributed by atoms with Crippen LogP contribution in [-0.4, -0.2) is 26.1 Å². The Morgan fingerprint density at radius 1 is 1.35 bits per heavy atom. The van der Waals surface area contributed by atoms with Crippen LogP contribution in [0.2, 0.25) is 0 Å². The van der Waals surface area contributed by atoms with Crippen molar-refractivity contribution in [3.8, 4) is 0 Å². The second kappa shape index (κ2) is 5.63. The Labute approximate surface area is 101 Å². The van der Waals surface area contributed by atoms with E-state index >= 15 is 0 Å². The number of rotatable bonds is 6. The van der Waals surface area contributed by atoms with Crippen LogP contribution < -0.4 is 5.32 Å². The normalized spacial score (nSPS) is 10.9. The van der Waals surface area contributed by atoms with E-state index in [9.17, 15) is 0 Å². The smallest absolute Gasteiger partial charge is 0.0693 e. The maximum atomic E-state index is 4.34. The van der Waals surface area contributed by atoms with Crippen LogP contribution in [0.15, 0.2) is 24.7 Å². The van der Waals surface area contributed by atoms with Gasteiger partial charge in [-0.1, -0.05) is 6.92 Å². The lowest BCUT2D eigenvalue weighted by Crippen LogP contribution is -2.17. The van der Waals surface area contributed by atoms with Crippen LogP contribution in [0.25, 0.3) is 0 Å². The highest BCUT2D eigenvalue weighted by atomic mass is 15.3. The predicted molar refractivity (Wildman–Crippen MR) is 66.5 cm³/mol. The van der Waals surface area contributed by atoms with Gasteiger partial charge in [0, 0.05) is 31.5 Å². The summed E-state index contributed by atoms with van der Waals surface area (Å²) < 4.78 is 3.83. The van der Waals surface area contributed by atoms with Crippen LogP contribution in [-0.2, 0) is 20.1 Å². The molecular formula is C12H19N5. The van der Waals surface area contributed by atoms with Gasteiger partial charge >= 0.3 is 0 Å². The van der Waals surface area contributed by atoms with E-state index in [1.54, 1.807) is 0 Å². The van der Waals surface area contributed by atoms with Gasteiger partial charge in [0.2, 0.25) is 0 Å². The SMILES string of the molecule is CCCNCc1ccnn1Cc1cnn(C)c1. The van der Waals surface area contributed by atoms with E-state index in [0.29, 0.717) is 0 Å². The lowest BCUT2D eigenvalue weighted by molar-refractivity contribution is 0.592. The monoisotopic (exact) mass is 233 g/mol. The fourth-order valence-electron chi connectivity index (χ4n) is 1.77. The molecule has 2 aromatic rings. The average molecular weight is 233 g/mol. The molecule has 5 heteroatoms. The van der Waals surface area contributed by atoms with Gasteiger partial charge in [0.05, 0.1) is 18.4 Å². The van der Waals surface area contributed by atoms with Crippen molar-refractivity contribution in [2.45, 2.75) is 26.4 Å². The first-order valence-corrected chi connectivity index (χ1v) is 5.98. The van der Waals surface area contributed by atoms with Crippen LogP contribution in [0.1, 0.15) is 24.6 Å². The zero-order chi connectivity index (χ0) is 12.1. The highest BCUT2D eigenvalue weighted by Crippen LogP contribution is 2.04. The second-order valence-electron chi connectivity index (χ2n) is 4.18. The van der Waals surface area contributed by atoms with Gasteiger partial charge in [0.25, 0.3) is 0 Å². The van der Waals surface area contributed by atoms with Crippen molar-refractivity contribution in [2.24, 2.45) is 7.05 Å². The summed E-state index contributed by atoms with van der Waals surface area (Å²) in [6, 6.07) is 2.05. The van der Waals surface area contributed by atoms with Crippen LogP contribution in [0.3, 0.4) is 0 Å². The molecule has 2 rings (SSSR count). The highest BCUT2D eigenvalue weighted by Gasteiger charge is 2.04. The number of nitrogens with one attached hydrogen (secondary N) is 1. The minimum atomic E-state index is 0.782. The van der Waals surface area contributed by atoms with Crippen molar-refractivity contribution in [3.05, 3.63) is 35.9 Å². The summed E-state index contributed by atoms with van der Waals surface area (Å²) in [6.45, 7) is 4.86. The lowest BCUT2D eigenvalue weighted by atomic mass is 10.3. The number of hydrogen-bond acceptors (Lipinski definition) is 3. The zero-order valence-corrected chi connectivity index (χ0v) is 10.4. The Morgan fingerprint density at radius 3 is 2.94 bits per heavy atom. The Bertz CT molecular complexity index is 457. The fourth-order valence-corrected chi connectivity index (χ4v) is 1.77. The summed E-state index contributed by atoms with van der Waals surface area (Å²) in [4.78, 5) is 0. The quantitative estimate of drug-likeness (QED) is 0.762. The fraction of sp³-hybridized carbons (Fsp3) is 0.500. The van der Waals surface area contributed by atoms with Crippen molar-refractivity contribution in [1.82, 2.24) is 24.9 Å². The molecule has 0 spiro atoms. The maximum Gasteiger partial charge on any atom is 0.0693 e. The minimum Gasteiger partial charge on any atom is -0.311 e. The topological polar surface area (TPSA) is 47.7 Å². The largest absolute Gasteiger partial charge is 0.311 e. The summed E-state index contributed by atoms with van der Waals surface area (Å²) in [5.41, 5.74) is 2.38. The average Bonchev–Trinajstić information content (AvgIpc) is 2.90. The zero-order valence-electron chi connectivity index (χ0n) is 10.4. The van der Waals surface area contributed by atoms with E-state index in [1.165, 1.54) is 11.3 Å². The van der Waals surface area contributed by atoms with Crippen LogP contribution in [0.4, 0.5) is 0 Å². The molecule has 0 amide bonds. The third-order valence-electron chi connectivity index (χ3n) is 2.63. The second-order valence-corrected chi connectivity index (χ2v) is 4.18. The molecule has 0 aliphatic rings. The molecule has 0 saturated carbocycles. The van der Waals surface area contributed by atoms with E-state index in [1.807, 2.05) is 35.0 Å². The van der Waals surface area contributed by atoms with Crippen molar-refractivity contribution >= 4 is 0 Å². The van der Waals surface area contributed by atoms with Crippen molar-refractivity contribution in [2.75, 3.05) is 6.54 Å². The van der Waals surface area contributed by atoms with E-state index in [2.05, 4.69) is 28.5 Å². The molecule has 17 heavy (non-hydrogen) atoms. The van der Waals surface area contributed by atoms with Gasteiger partial charge in [-0.3, -0.25) is 9.36 Å². The summed E-state index contributed by atoms with van der Waals surface area (Å²) in [6.07, 6.45) is 6.89. The molecule has 0 fully saturated rings. The van der Waals surface area contributed by atoms with Crippen molar-refractivity contribution in [3.63, 3.8) is 0 Å². The van der Waals surface area contributed by atoms with Gasteiger partial charge in [-0.05, 0) is 19.0 Å². The summed E-state index contributed by atoms with van der Waals surface area (Å²) in [5, 5.41) is 11.9. The first-order valence-electron chi connectivity index (χ1n) is 5.98. The number of aromatic nitrogens is 4. The molecule has 0 aliphatic carbocycles. The van der Waals surface area contributed by atoms with E-state index in [-0.39, 0.29) is 0 Å². The van der Waals surface area contributed by atoms with Gasteiger partial charge in [0.15, 0.2) is 0 Å². The molecular weight excluding hydrogens is 214 g/mol. The van der Waals surface area contributed by atoms with E-state index in [4.69, 9.17) is 0 Å². The Kier molecular flexibility index (Phi) is 3.93. The van der Waals surface area contributed by atoms with Crippen LogP contribution in [0.5, 0.6) is 0 Å². The first kappa shape index (κ1) is 11.9. The molecule has 1 N–H and O–H groups in total. The number of hydrogen-bond donors (Lipinski definition) is 1. The van der Waals surface area contributed by atoms with Crippen LogP contribution in [0, 0.1) is 0 Å². The summed E-state index contributed by atoms with van der Waals surface area (Å²) in [5.74, 6) is 0. The molecule has 0 atom stereocenters. The number of aryl methyl sites for hydroxylation is 1. The van der Waals surface area contributed by atoms with Crippen LogP contribution >= 0.6 is 0 Å². The summed E-state index contributed by atoms with van der Waals surface area (Å²) >= 11 is 0. The van der Waals surface area contributed by atoms with E-state index in [0.717, 1.165) is 26.1 Å². The molecule has 0 bridgehead atoms. The molecule has 0 aliphatic heterocycles. The third kappa shape index (κ3) is 3.17. The predicted octanol–water partition coefficient (Wildman–Crippen LogP) is 1.16. The molecule has 0 saturated heterocycles. The molecule has 0 unspecified atom stereocenters. The van der Waals surface area contributed by atoms with Gasteiger partial charge in [-0.2, -0.15) is 10.2 Å². The standard InChI is InChI=1S/C12H19N5/c1-3-5-13-8-12-4-6-14-17(12)10-11-7-15-16(2)9-11/h4,6-7,9,13H,3,5,8,10H2,1-2H3. The first-order chi connectivity index (χ1) is 8.29. The Morgan fingerprint density at radius 2 is 2.24 bits per heavy atom. The molecule has 5 nitrogen and oxygen atoms in total. The molecule has 0 aromatic carbocycles. The van der Waals surface area contributed by atoms with Gasteiger partial charge < -0.3 is 5.32 Å². The van der Waals surface area contributed by atoms with Gasteiger partial charge in [0.1, 0.15) is 0 Å². The van der Waals surface area contributed by atoms with E-state index < -0.39 is 0 Å². The Balaban J connectivity index is 1.98. The molecule has 2 aromatic heterocycles. The molecule has 92 valence electrons. The van der Waals surface area contributed by atoms with Crippen molar-refractivity contribution in [1.29, 1.82) is 0 Å². The number of nitrogens with zero attached hydrogens (tertiary/aromatic N) is 4. The van der Waals surface area contributed by atoms with Gasteiger partial charge in [-0.15, -0.1) is 0 Å². The minimum absolute atomic E-state index is 0.782. The molecule has 0 radical (unpaired) electrons. The Hall–Kier alpha value is -1.62. The molecule has 2 heterocycles. The maximum absolute atomic E-state index is 4.34. The highest BCUT2D eigenvalue weighted by molar-refractivity contribution is 5.08. The third-order valence-corrected chi connectivity index (χ3v) is 2.63. The lowest BCUT2D eigenvalue weighted by Gasteiger charge is -2.06. The van der Waals surface area contributed by atoms with Gasteiger partial charge in [-0.25, -0.2) is 0 Å². The van der Waals surface area contributed by atoms with Crippen molar-refractivity contribution < 1.29 is 0 Å².